The lowest BCUT2D eigenvalue weighted by atomic mass is 9.93. The molecule has 0 bridgehead atoms. The summed E-state index contributed by atoms with van der Waals surface area (Å²) in [5, 5.41) is 10.8. The number of hydrogen-bond donors (Lipinski definition) is 1. The van der Waals surface area contributed by atoms with Crippen LogP contribution in [-0.4, -0.2) is 67.5 Å². The highest BCUT2D eigenvalue weighted by molar-refractivity contribution is 5.90. The highest BCUT2D eigenvalue weighted by Crippen LogP contribution is 2.33. The molecule has 1 saturated heterocycles. The Kier molecular flexibility index (Phi) is 8.06. The molecule has 5 atom stereocenters. The first kappa shape index (κ1) is 24.7. The molecule has 0 aliphatic carbocycles. The number of benzene rings is 2. The Morgan fingerprint density at radius 1 is 0.909 bits per heavy atom. The first-order chi connectivity index (χ1) is 15.7. The summed E-state index contributed by atoms with van der Waals surface area (Å²) in [6.45, 7) is -0.553. The lowest BCUT2D eigenvalue weighted by molar-refractivity contribution is -0.260. The van der Waals surface area contributed by atoms with Crippen molar-refractivity contribution in [1.82, 2.24) is 0 Å². The molecular weight excluding hydrogens is 445 g/mol. The van der Waals surface area contributed by atoms with E-state index in [0.29, 0.717) is 0 Å². The van der Waals surface area contributed by atoms with Gasteiger partial charge in [0.2, 0.25) is 0 Å². The molecule has 0 aromatic heterocycles. The Morgan fingerprint density at radius 2 is 1.45 bits per heavy atom. The zero-order chi connectivity index (χ0) is 24.0. The zero-order valence-corrected chi connectivity index (χ0v) is 17.6. The van der Waals surface area contributed by atoms with Crippen molar-refractivity contribution >= 4 is 11.9 Å². The van der Waals surface area contributed by atoms with Gasteiger partial charge in [0.1, 0.15) is 24.9 Å². The largest absolute Gasteiger partial charge is 0.459 e. The fourth-order valence-electron chi connectivity index (χ4n) is 3.55. The van der Waals surface area contributed by atoms with Crippen LogP contribution in [-0.2, 0) is 18.9 Å². The molecule has 0 spiro atoms. The second-order valence-electron chi connectivity index (χ2n) is 7.42. The van der Waals surface area contributed by atoms with Crippen molar-refractivity contribution in [2.75, 3.05) is 13.7 Å². The fourth-order valence-corrected chi connectivity index (χ4v) is 3.55. The molecule has 2 aromatic rings. The van der Waals surface area contributed by atoms with E-state index in [4.69, 9.17) is 18.9 Å². The Bertz CT molecular complexity index is 921. The van der Waals surface area contributed by atoms with Crippen LogP contribution in [0.15, 0.2) is 60.7 Å². The van der Waals surface area contributed by atoms with Gasteiger partial charge in [0.05, 0.1) is 23.7 Å². The molecule has 1 heterocycles. The van der Waals surface area contributed by atoms with E-state index in [2.05, 4.69) is 0 Å². The molecule has 33 heavy (non-hydrogen) atoms. The first-order valence-electron chi connectivity index (χ1n) is 10.1. The topological polar surface area (TPSA) is 91.3 Å². The van der Waals surface area contributed by atoms with E-state index in [-0.39, 0.29) is 11.1 Å². The Morgan fingerprint density at radius 3 is 1.97 bits per heavy atom. The van der Waals surface area contributed by atoms with E-state index in [1.54, 1.807) is 36.4 Å². The lowest BCUT2D eigenvalue weighted by Crippen LogP contribution is -2.61. The van der Waals surface area contributed by atoms with Gasteiger partial charge >= 0.3 is 18.1 Å². The van der Waals surface area contributed by atoms with Crippen LogP contribution < -0.4 is 0 Å². The molecule has 1 aliphatic heterocycles. The molecule has 0 radical (unpaired) electrons. The number of esters is 2. The molecule has 1 fully saturated rings. The molecule has 7 nitrogen and oxygen atoms in total. The van der Waals surface area contributed by atoms with Crippen molar-refractivity contribution in [3.63, 3.8) is 0 Å². The van der Waals surface area contributed by atoms with Gasteiger partial charge in [-0.2, -0.15) is 13.2 Å². The normalized spacial score (nSPS) is 25.3. The average molecular weight is 468 g/mol. The van der Waals surface area contributed by atoms with Crippen LogP contribution in [0.3, 0.4) is 0 Å². The van der Waals surface area contributed by atoms with Crippen LogP contribution in [0.4, 0.5) is 13.2 Å². The van der Waals surface area contributed by atoms with Crippen LogP contribution in [0.5, 0.6) is 0 Å². The Labute approximate surface area is 188 Å². The summed E-state index contributed by atoms with van der Waals surface area (Å²) in [6.07, 6.45) is -13.5. The van der Waals surface area contributed by atoms with Gasteiger partial charge in [0.25, 0.3) is 0 Å². The molecule has 1 N–H and O–H groups in total. The molecule has 178 valence electrons. The smallest absolute Gasteiger partial charge is 0.391 e. The van der Waals surface area contributed by atoms with E-state index in [1.807, 2.05) is 0 Å². The van der Waals surface area contributed by atoms with E-state index < -0.39 is 61.7 Å². The minimum absolute atomic E-state index is 0.163. The Hall–Kier alpha value is -2.95. The third kappa shape index (κ3) is 6.53. The van der Waals surface area contributed by atoms with E-state index in [0.717, 1.165) is 7.11 Å². The monoisotopic (exact) mass is 468 g/mol. The van der Waals surface area contributed by atoms with Gasteiger partial charge in [-0.25, -0.2) is 9.59 Å². The summed E-state index contributed by atoms with van der Waals surface area (Å²) in [6, 6.07) is 15.8. The standard InChI is InChI=1S/C23H23F3O7/c1-30-19-16(12-23(24,25)26)32-17(13-31-21(28)14-8-4-2-5-9-14)20(18(19)27)33-22(29)15-10-6-3-7-11-15/h2-11,16-20,27H,12-13H2,1H3. The number of rotatable bonds is 7. The zero-order valence-electron chi connectivity index (χ0n) is 17.6. The number of alkyl halides is 3. The summed E-state index contributed by atoms with van der Waals surface area (Å²) in [5.74, 6) is -1.57. The first-order valence-corrected chi connectivity index (χ1v) is 10.1. The van der Waals surface area contributed by atoms with Crippen LogP contribution in [0, 0.1) is 0 Å². The van der Waals surface area contributed by atoms with Gasteiger partial charge in [-0.1, -0.05) is 36.4 Å². The fraction of sp³-hybridized carbons (Fsp3) is 0.391. The lowest BCUT2D eigenvalue weighted by Gasteiger charge is -2.43. The minimum atomic E-state index is -4.61. The second kappa shape index (κ2) is 10.8. The third-order valence-corrected chi connectivity index (χ3v) is 5.10. The maximum atomic E-state index is 13.1. The molecule has 1 aliphatic rings. The van der Waals surface area contributed by atoms with Gasteiger partial charge in [0, 0.05) is 7.11 Å². The van der Waals surface area contributed by atoms with Gasteiger partial charge in [-0.3, -0.25) is 0 Å². The van der Waals surface area contributed by atoms with E-state index in [1.165, 1.54) is 24.3 Å². The van der Waals surface area contributed by atoms with E-state index >= 15 is 0 Å². The summed E-state index contributed by atoms with van der Waals surface area (Å²) < 4.78 is 60.4. The maximum Gasteiger partial charge on any atom is 0.391 e. The van der Waals surface area contributed by atoms with Crippen LogP contribution in [0.25, 0.3) is 0 Å². The van der Waals surface area contributed by atoms with E-state index in [9.17, 15) is 27.9 Å². The van der Waals surface area contributed by atoms with Crippen molar-refractivity contribution in [2.45, 2.75) is 43.1 Å². The minimum Gasteiger partial charge on any atom is -0.459 e. The highest BCUT2D eigenvalue weighted by Gasteiger charge is 2.51. The molecule has 0 amide bonds. The van der Waals surface area contributed by atoms with Gasteiger partial charge in [-0.05, 0) is 24.3 Å². The SMILES string of the molecule is COC1C(CC(F)(F)F)OC(COC(=O)c2ccccc2)C(OC(=O)c2ccccc2)C1O. The quantitative estimate of drug-likeness (QED) is 0.625. The Balaban J connectivity index is 1.81. The van der Waals surface area contributed by atoms with Crippen LogP contribution >= 0.6 is 0 Å². The van der Waals surface area contributed by atoms with Crippen molar-refractivity contribution in [3.8, 4) is 0 Å². The molecule has 2 aromatic carbocycles. The number of halogens is 3. The predicted octanol–water partition coefficient (Wildman–Crippen LogP) is 3.16. The van der Waals surface area contributed by atoms with Crippen LogP contribution in [0.1, 0.15) is 27.1 Å². The molecule has 3 rings (SSSR count). The summed E-state index contributed by atoms with van der Waals surface area (Å²) in [7, 11) is 1.12. The van der Waals surface area contributed by atoms with Crippen molar-refractivity contribution in [3.05, 3.63) is 71.8 Å². The molecular formula is C23H23F3O7. The number of carbonyl (C=O) groups excluding carboxylic acids is 2. The number of methoxy groups -OCH3 is 1. The summed E-state index contributed by atoms with van der Waals surface area (Å²) >= 11 is 0. The number of aliphatic hydroxyl groups excluding tert-OH is 1. The molecule has 5 unspecified atom stereocenters. The molecule has 0 saturated carbocycles. The second-order valence-corrected chi connectivity index (χ2v) is 7.42. The van der Waals surface area contributed by atoms with Gasteiger partial charge < -0.3 is 24.1 Å². The average Bonchev–Trinajstić information content (AvgIpc) is 2.79. The van der Waals surface area contributed by atoms with Crippen molar-refractivity contribution in [2.24, 2.45) is 0 Å². The highest BCUT2D eigenvalue weighted by atomic mass is 19.4. The molecule has 10 heteroatoms. The number of ether oxygens (including phenoxy) is 4. The van der Waals surface area contributed by atoms with Crippen molar-refractivity contribution in [1.29, 1.82) is 0 Å². The third-order valence-electron chi connectivity index (χ3n) is 5.10. The van der Waals surface area contributed by atoms with Gasteiger partial charge in [0.15, 0.2) is 6.10 Å². The summed E-state index contributed by atoms with van der Waals surface area (Å²) in [5.41, 5.74) is 0.379. The summed E-state index contributed by atoms with van der Waals surface area (Å²) in [4.78, 5) is 24.8. The van der Waals surface area contributed by atoms with Crippen molar-refractivity contribution < 1.29 is 46.8 Å². The van der Waals surface area contributed by atoms with Crippen LogP contribution in [0.2, 0.25) is 0 Å². The number of carbonyl (C=O) groups is 2. The number of aliphatic hydroxyl groups is 1. The predicted molar refractivity (Wildman–Crippen MR) is 109 cm³/mol. The number of hydrogen-bond acceptors (Lipinski definition) is 7. The maximum absolute atomic E-state index is 13.1. The van der Waals surface area contributed by atoms with Gasteiger partial charge in [-0.15, -0.1) is 0 Å².